The third kappa shape index (κ3) is 5.63. The van der Waals surface area contributed by atoms with Crippen LogP contribution < -0.4 is 15.0 Å². The molecule has 1 saturated heterocycles. The molecule has 5 rings (SSSR count). The smallest absolute Gasteiger partial charge is 0.234 e. The molecule has 186 valence electrons. The Bertz CT molecular complexity index is 1120. The van der Waals surface area contributed by atoms with E-state index in [-0.39, 0.29) is 11.8 Å². The van der Waals surface area contributed by atoms with Crippen molar-refractivity contribution in [1.29, 1.82) is 0 Å². The summed E-state index contributed by atoms with van der Waals surface area (Å²) in [6.07, 6.45) is 10.0. The van der Waals surface area contributed by atoms with Gasteiger partial charge in [-0.3, -0.25) is 4.79 Å². The highest BCUT2D eigenvalue weighted by molar-refractivity contribution is 7.17. The van der Waals surface area contributed by atoms with Crippen molar-refractivity contribution in [3.63, 3.8) is 0 Å². The molecule has 4 heterocycles. The van der Waals surface area contributed by atoms with Gasteiger partial charge in [-0.1, -0.05) is 37.2 Å². The van der Waals surface area contributed by atoms with Gasteiger partial charge in [0.15, 0.2) is 0 Å². The Morgan fingerprint density at radius 2 is 1.91 bits per heavy atom. The van der Waals surface area contributed by atoms with E-state index < -0.39 is 0 Å². The fraction of sp³-hybridized carbons (Fsp3) is 0.560. The third-order valence-electron chi connectivity index (χ3n) is 7.13. The van der Waals surface area contributed by atoms with Crippen molar-refractivity contribution in [2.45, 2.75) is 65.0 Å². The minimum Gasteiger partial charge on any atom is -0.471 e. The van der Waals surface area contributed by atoms with Crippen molar-refractivity contribution in [3.8, 4) is 11.0 Å². The molecule has 2 fully saturated rings. The molecular weight excluding hydrogens is 462 g/mol. The molecule has 0 spiro atoms. The van der Waals surface area contributed by atoms with Crippen LogP contribution in [0.15, 0.2) is 30.6 Å². The van der Waals surface area contributed by atoms with Crippen LogP contribution in [0.3, 0.4) is 0 Å². The maximum absolute atomic E-state index is 12.8. The van der Waals surface area contributed by atoms with Crippen molar-refractivity contribution >= 4 is 22.4 Å². The van der Waals surface area contributed by atoms with E-state index in [0.717, 1.165) is 48.7 Å². The first kappa shape index (κ1) is 23.7. The lowest BCUT2D eigenvalue weighted by Gasteiger charge is -2.34. The molecule has 0 bridgehead atoms. The maximum atomic E-state index is 12.8. The van der Waals surface area contributed by atoms with E-state index in [0.29, 0.717) is 29.6 Å². The molecule has 1 N–H and O–H groups in total. The highest BCUT2D eigenvalue weighted by Gasteiger charge is 2.30. The van der Waals surface area contributed by atoms with E-state index in [2.05, 4.69) is 37.4 Å². The molecule has 2 aliphatic rings. The molecule has 1 saturated carbocycles. The number of carbonyl (C=O) groups excluding carboxylic acids is 1. The fourth-order valence-electron chi connectivity index (χ4n) is 4.89. The Kier molecular flexibility index (Phi) is 7.26. The van der Waals surface area contributed by atoms with Gasteiger partial charge < -0.3 is 15.0 Å². The van der Waals surface area contributed by atoms with Crippen LogP contribution in [0.2, 0.25) is 0 Å². The Labute approximate surface area is 209 Å². The van der Waals surface area contributed by atoms with E-state index in [1.54, 1.807) is 17.1 Å². The summed E-state index contributed by atoms with van der Waals surface area (Å²) in [5.41, 5.74) is 1.97. The minimum absolute atomic E-state index is 0.0815. The van der Waals surface area contributed by atoms with Gasteiger partial charge in [-0.2, -0.15) is 5.10 Å². The number of rotatable bonds is 7. The van der Waals surface area contributed by atoms with Gasteiger partial charge in [-0.15, -0.1) is 10.2 Å². The third-order valence-corrected chi connectivity index (χ3v) is 8.09. The first-order valence-corrected chi connectivity index (χ1v) is 13.4. The molecule has 9 nitrogen and oxygen atoms in total. The second kappa shape index (κ2) is 10.7. The number of pyridine rings is 1. The van der Waals surface area contributed by atoms with E-state index in [1.165, 1.54) is 30.6 Å². The van der Waals surface area contributed by atoms with E-state index >= 15 is 0 Å². The highest BCUT2D eigenvalue weighted by Crippen LogP contribution is 2.29. The molecule has 10 heteroatoms. The quantitative estimate of drug-likeness (QED) is 0.530. The van der Waals surface area contributed by atoms with Crippen LogP contribution in [0.5, 0.6) is 5.88 Å². The lowest BCUT2D eigenvalue weighted by molar-refractivity contribution is -0.126. The lowest BCUT2D eigenvalue weighted by atomic mass is 9.85. The van der Waals surface area contributed by atoms with Crippen molar-refractivity contribution in [2.75, 3.05) is 18.0 Å². The molecule has 35 heavy (non-hydrogen) atoms. The Morgan fingerprint density at radius 1 is 1.11 bits per heavy atom. The topological polar surface area (TPSA) is 98.1 Å². The molecule has 3 aromatic heterocycles. The normalized spacial score (nSPS) is 21.1. The zero-order chi connectivity index (χ0) is 24.2. The van der Waals surface area contributed by atoms with Crippen molar-refractivity contribution in [2.24, 2.45) is 11.8 Å². The van der Waals surface area contributed by atoms with Gasteiger partial charge in [-0.05, 0) is 50.2 Å². The number of anilines is 1. The van der Waals surface area contributed by atoms with Crippen LogP contribution in [0, 0.1) is 18.8 Å². The molecule has 2 unspecified atom stereocenters. The number of nitrogens with zero attached hydrogens (tertiary/aromatic N) is 6. The summed E-state index contributed by atoms with van der Waals surface area (Å²) in [5, 5.41) is 18.1. The van der Waals surface area contributed by atoms with Gasteiger partial charge in [0, 0.05) is 43.5 Å². The van der Waals surface area contributed by atoms with Gasteiger partial charge in [0.05, 0.1) is 5.69 Å². The molecule has 0 aromatic carbocycles. The second-order valence-electron chi connectivity index (χ2n) is 9.70. The van der Waals surface area contributed by atoms with Gasteiger partial charge in [0.2, 0.25) is 22.1 Å². The standard InChI is InChI=1S/C25H33N7O2S/c1-17-7-8-22(26-15-17)34-16-20-9-12-27-32(20)25-30-29-24(35-25)31-13-10-19(11-14-31)23(33)28-21-6-4-3-5-18(21)2/h7-9,12,15,18-19,21H,3-6,10-11,13-14,16H2,1-2H3,(H,28,33). The summed E-state index contributed by atoms with van der Waals surface area (Å²) in [6.45, 7) is 6.21. The zero-order valence-corrected chi connectivity index (χ0v) is 21.2. The summed E-state index contributed by atoms with van der Waals surface area (Å²) in [7, 11) is 0. The first-order chi connectivity index (χ1) is 17.1. The largest absolute Gasteiger partial charge is 0.471 e. The summed E-state index contributed by atoms with van der Waals surface area (Å²) in [6, 6.07) is 6.08. The second-order valence-corrected chi connectivity index (χ2v) is 10.6. The average molecular weight is 496 g/mol. The Hall–Kier alpha value is -3.01. The Balaban J connectivity index is 1.15. The number of hydrogen-bond acceptors (Lipinski definition) is 8. The molecular formula is C25H33N7O2S. The van der Waals surface area contributed by atoms with E-state index in [1.807, 2.05) is 25.1 Å². The monoisotopic (exact) mass is 495 g/mol. The molecule has 3 aromatic rings. The Morgan fingerprint density at radius 3 is 2.69 bits per heavy atom. The molecule has 1 aliphatic carbocycles. The number of nitrogens with one attached hydrogen (secondary N) is 1. The van der Waals surface area contributed by atoms with Crippen LogP contribution in [0.1, 0.15) is 56.7 Å². The van der Waals surface area contributed by atoms with Crippen LogP contribution in [0.4, 0.5) is 5.13 Å². The van der Waals surface area contributed by atoms with Crippen molar-refractivity contribution in [3.05, 3.63) is 41.9 Å². The fourth-order valence-corrected chi connectivity index (χ4v) is 5.77. The van der Waals surface area contributed by atoms with Gasteiger partial charge in [0.1, 0.15) is 6.61 Å². The van der Waals surface area contributed by atoms with Gasteiger partial charge >= 0.3 is 0 Å². The minimum atomic E-state index is 0.0815. The van der Waals surface area contributed by atoms with E-state index in [9.17, 15) is 4.79 Å². The first-order valence-electron chi connectivity index (χ1n) is 12.5. The molecule has 1 amide bonds. The number of carbonyl (C=O) groups is 1. The predicted octanol–water partition coefficient (Wildman–Crippen LogP) is 3.92. The van der Waals surface area contributed by atoms with E-state index in [4.69, 9.17) is 4.74 Å². The van der Waals surface area contributed by atoms with Crippen molar-refractivity contribution in [1.82, 2.24) is 30.3 Å². The van der Waals surface area contributed by atoms with Crippen molar-refractivity contribution < 1.29 is 9.53 Å². The van der Waals surface area contributed by atoms with Gasteiger partial charge in [-0.25, -0.2) is 9.67 Å². The SMILES string of the molecule is Cc1ccc(OCc2ccnn2-c2nnc(N3CCC(C(=O)NC4CCCCC4C)CC3)s2)nc1. The maximum Gasteiger partial charge on any atom is 0.234 e. The summed E-state index contributed by atoms with van der Waals surface area (Å²) in [5.74, 6) is 1.47. The van der Waals surface area contributed by atoms with Crippen LogP contribution in [0.25, 0.3) is 5.13 Å². The number of amides is 1. The summed E-state index contributed by atoms with van der Waals surface area (Å²) >= 11 is 1.51. The summed E-state index contributed by atoms with van der Waals surface area (Å²) in [4.78, 5) is 19.4. The van der Waals surface area contributed by atoms with Crippen LogP contribution in [-0.2, 0) is 11.4 Å². The number of piperidine rings is 1. The lowest BCUT2D eigenvalue weighted by Crippen LogP contribution is -2.46. The highest BCUT2D eigenvalue weighted by atomic mass is 32.1. The summed E-state index contributed by atoms with van der Waals surface area (Å²) < 4.78 is 7.59. The molecule has 1 aliphatic heterocycles. The predicted molar refractivity (Wildman–Crippen MR) is 135 cm³/mol. The number of ether oxygens (including phenoxy) is 1. The molecule has 0 radical (unpaired) electrons. The molecule has 2 atom stereocenters. The zero-order valence-electron chi connectivity index (χ0n) is 20.4. The van der Waals surface area contributed by atoms with Crippen LogP contribution >= 0.6 is 11.3 Å². The van der Waals surface area contributed by atoms with Gasteiger partial charge in [0.25, 0.3) is 0 Å². The average Bonchev–Trinajstić information content (AvgIpc) is 3.55. The number of aryl methyl sites for hydroxylation is 1. The number of aromatic nitrogens is 5. The number of hydrogen-bond donors (Lipinski definition) is 1. The van der Waals surface area contributed by atoms with Crippen LogP contribution in [-0.4, -0.2) is 50.0 Å².